The number of methoxy groups -OCH3 is 1. The highest BCUT2D eigenvalue weighted by molar-refractivity contribution is 5.73. The van der Waals surface area contributed by atoms with Crippen LogP contribution in [0.15, 0.2) is 24.3 Å². The lowest BCUT2D eigenvalue weighted by Gasteiger charge is -2.40. The van der Waals surface area contributed by atoms with Crippen LogP contribution in [0.5, 0.6) is 0 Å². The molecule has 4 heteroatoms. The summed E-state index contributed by atoms with van der Waals surface area (Å²) in [4.78, 5) is 4.83. The molecule has 1 heterocycles. The van der Waals surface area contributed by atoms with Crippen LogP contribution >= 0.6 is 0 Å². The number of rotatable bonds is 6. The number of fused-ring (bicyclic) bond motifs is 1. The maximum Gasteiger partial charge on any atom is 0.0607 e. The molecule has 0 aliphatic carbocycles. The van der Waals surface area contributed by atoms with E-state index in [0.717, 1.165) is 32.8 Å². The predicted octanol–water partition coefficient (Wildman–Crippen LogP) is 1.57. The summed E-state index contributed by atoms with van der Waals surface area (Å²) < 4.78 is 5.06. The van der Waals surface area contributed by atoms with Gasteiger partial charge in [-0.1, -0.05) is 12.1 Å². The molecule has 0 saturated heterocycles. The molecule has 1 unspecified atom stereocenters. The average Bonchev–Trinajstić information content (AvgIpc) is 2.44. The van der Waals surface area contributed by atoms with E-state index in [-0.39, 0.29) is 0 Å². The Morgan fingerprint density at radius 2 is 2.00 bits per heavy atom. The maximum atomic E-state index is 5.06. The van der Waals surface area contributed by atoms with Gasteiger partial charge in [0.2, 0.25) is 0 Å². The Morgan fingerprint density at radius 1 is 1.26 bits per heavy atom. The Kier molecular flexibility index (Phi) is 5.05. The molecule has 1 atom stereocenters. The van der Waals surface area contributed by atoms with E-state index < -0.39 is 0 Å². The van der Waals surface area contributed by atoms with Crippen molar-refractivity contribution in [3.63, 3.8) is 0 Å². The molecule has 106 valence electrons. The summed E-state index contributed by atoms with van der Waals surface area (Å²) in [6.07, 6.45) is 0. The van der Waals surface area contributed by atoms with Crippen molar-refractivity contribution in [2.45, 2.75) is 13.0 Å². The largest absolute Gasteiger partial charge is 0.383 e. The third kappa shape index (κ3) is 3.39. The lowest BCUT2D eigenvalue weighted by atomic mass is 10.1. The summed E-state index contributed by atoms with van der Waals surface area (Å²) in [6, 6.07) is 9.14. The van der Waals surface area contributed by atoms with Gasteiger partial charge in [-0.2, -0.15) is 0 Å². The van der Waals surface area contributed by atoms with Crippen LogP contribution in [0.25, 0.3) is 0 Å². The Labute approximate surface area is 116 Å². The Hall–Kier alpha value is -1.26. The smallest absolute Gasteiger partial charge is 0.0607 e. The van der Waals surface area contributed by atoms with E-state index in [1.165, 1.54) is 11.4 Å². The highest BCUT2D eigenvalue weighted by Gasteiger charge is 2.23. The lowest BCUT2D eigenvalue weighted by Crippen LogP contribution is -2.47. The van der Waals surface area contributed by atoms with Crippen LogP contribution in [-0.2, 0) is 4.74 Å². The molecule has 1 aliphatic rings. The average molecular weight is 263 g/mol. The van der Waals surface area contributed by atoms with Crippen molar-refractivity contribution in [2.24, 2.45) is 0 Å². The summed E-state index contributed by atoms with van der Waals surface area (Å²) in [5.74, 6) is 0. The van der Waals surface area contributed by atoms with Gasteiger partial charge in [-0.15, -0.1) is 0 Å². The van der Waals surface area contributed by atoms with E-state index in [4.69, 9.17) is 4.74 Å². The van der Waals surface area contributed by atoms with Crippen LogP contribution in [0.3, 0.4) is 0 Å². The number of hydrogen-bond acceptors (Lipinski definition) is 4. The van der Waals surface area contributed by atoms with Gasteiger partial charge >= 0.3 is 0 Å². The van der Waals surface area contributed by atoms with E-state index in [1.807, 2.05) is 0 Å². The minimum absolute atomic E-state index is 0.492. The van der Waals surface area contributed by atoms with Crippen LogP contribution < -0.4 is 15.1 Å². The van der Waals surface area contributed by atoms with Crippen LogP contribution in [0.4, 0.5) is 11.4 Å². The number of nitrogens with zero attached hydrogens (tertiary/aromatic N) is 2. The molecule has 0 bridgehead atoms. The maximum absolute atomic E-state index is 5.06. The monoisotopic (exact) mass is 263 g/mol. The topological polar surface area (TPSA) is 27.7 Å². The minimum atomic E-state index is 0.492. The Balaban J connectivity index is 1.99. The van der Waals surface area contributed by atoms with E-state index in [0.29, 0.717) is 6.04 Å². The molecule has 19 heavy (non-hydrogen) atoms. The van der Waals surface area contributed by atoms with E-state index in [1.54, 1.807) is 7.11 Å². The zero-order valence-electron chi connectivity index (χ0n) is 12.2. The first-order valence-electron chi connectivity index (χ1n) is 7.00. The van der Waals surface area contributed by atoms with Gasteiger partial charge in [-0.25, -0.2) is 0 Å². The van der Waals surface area contributed by atoms with E-state index in [9.17, 15) is 0 Å². The van der Waals surface area contributed by atoms with Gasteiger partial charge in [0.15, 0.2) is 0 Å². The first-order chi connectivity index (χ1) is 9.24. The zero-order chi connectivity index (χ0) is 13.7. The first kappa shape index (κ1) is 14.2. The second kappa shape index (κ2) is 6.78. The lowest BCUT2D eigenvalue weighted by molar-refractivity contribution is 0.199. The number of benzene rings is 1. The zero-order valence-corrected chi connectivity index (χ0v) is 12.2. The third-order valence-corrected chi connectivity index (χ3v) is 3.73. The van der Waals surface area contributed by atoms with Gasteiger partial charge in [0.25, 0.3) is 0 Å². The quantitative estimate of drug-likeness (QED) is 0.789. The summed E-state index contributed by atoms with van der Waals surface area (Å²) >= 11 is 0. The number of likely N-dealkylation sites (N-methyl/N-ethyl adjacent to an activating group) is 1. The van der Waals surface area contributed by atoms with Crippen LogP contribution in [-0.4, -0.2) is 53.0 Å². The third-order valence-electron chi connectivity index (χ3n) is 3.73. The number of hydrogen-bond donors (Lipinski definition) is 1. The minimum Gasteiger partial charge on any atom is -0.383 e. The van der Waals surface area contributed by atoms with Gasteiger partial charge in [0, 0.05) is 46.4 Å². The van der Waals surface area contributed by atoms with Crippen LogP contribution in [0, 0.1) is 0 Å². The molecule has 0 aromatic heterocycles. The van der Waals surface area contributed by atoms with Crippen molar-refractivity contribution < 1.29 is 4.74 Å². The highest BCUT2D eigenvalue weighted by atomic mass is 16.5. The second-order valence-electron chi connectivity index (χ2n) is 5.15. The molecule has 4 nitrogen and oxygen atoms in total. The summed E-state index contributed by atoms with van der Waals surface area (Å²) in [5, 5.41) is 3.45. The number of ether oxygens (including phenoxy) is 1. The predicted molar refractivity (Wildman–Crippen MR) is 81.3 cm³/mol. The summed E-state index contributed by atoms with van der Waals surface area (Å²) in [5.41, 5.74) is 2.68. The fourth-order valence-electron chi connectivity index (χ4n) is 2.58. The molecule has 0 spiro atoms. The highest BCUT2D eigenvalue weighted by Crippen LogP contribution is 2.32. The molecule has 1 N–H and O–H groups in total. The molecule has 1 aromatic carbocycles. The number of para-hydroxylation sites is 2. The van der Waals surface area contributed by atoms with Crippen molar-refractivity contribution in [3.05, 3.63) is 24.3 Å². The molecule has 1 aromatic rings. The molecular formula is C15H25N3O. The molecule has 0 saturated carbocycles. The SMILES string of the molecule is COCCNCC(C)N1CCN(C)c2ccccc21. The van der Waals surface area contributed by atoms with Gasteiger partial charge in [-0.3, -0.25) is 0 Å². The normalized spacial score (nSPS) is 16.4. The van der Waals surface area contributed by atoms with Crippen molar-refractivity contribution in [2.75, 3.05) is 56.7 Å². The van der Waals surface area contributed by atoms with Gasteiger partial charge in [0.1, 0.15) is 0 Å². The van der Waals surface area contributed by atoms with E-state index in [2.05, 4.69) is 53.4 Å². The summed E-state index contributed by atoms with van der Waals surface area (Å²) in [6.45, 7) is 7.12. The fourth-order valence-corrected chi connectivity index (χ4v) is 2.58. The van der Waals surface area contributed by atoms with Crippen LogP contribution in [0.1, 0.15) is 6.92 Å². The molecule has 0 amide bonds. The number of nitrogens with one attached hydrogen (secondary N) is 1. The molecule has 2 rings (SSSR count). The van der Waals surface area contributed by atoms with Gasteiger partial charge in [0.05, 0.1) is 18.0 Å². The van der Waals surface area contributed by atoms with Crippen molar-refractivity contribution in [1.29, 1.82) is 0 Å². The van der Waals surface area contributed by atoms with Gasteiger partial charge < -0.3 is 19.9 Å². The van der Waals surface area contributed by atoms with Crippen molar-refractivity contribution >= 4 is 11.4 Å². The van der Waals surface area contributed by atoms with Gasteiger partial charge in [-0.05, 0) is 19.1 Å². The molecule has 0 radical (unpaired) electrons. The Bertz CT molecular complexity index is 397. The first-order valence-corrected chi connectivity index (χ1v) is 7.00. The standard InChI is InChI=1S/C15H25N3O/c1-13(12-16-8-11-19-3)18-10-9-17(2)14-6-4-5-7-15(14)18/h4-7,13,16H,8-12H2,1-3H3. The molecular weight excluding hydrogens is 238 g/mol. The van der Waals surface area contributed by atoms with Crippen LogP contribution in [0.2, 0.25) is 0 Å². The van der Waals surface area contributed by atoms with Crippen molar-refractivity contribution in [3.8, 4) is 0 Å². The molecule has 0 fully saturated rings. The van der Waals surface area contributed by atoms with Crippen molar-refractivity contribution in [1.82, 2.24) is 5.32 Å². The molecule has 1 aliphatic heterocycles. The Morgan fingerprint density at radius 3 is 2.74 bits per heavy atom. The fraction of sp³-hybridized carbons (Fsp3) is 0.600. The number of anilines is 2. The summed E-state index contributed by atoms with van der Waals surface area (Å²) in [7, 11) is 3.90. The second-order valence-corrected chi connectivity index (χ2v) is 5.15. The van der Waals surface area contributed by atoms with E-state index >= 15 is 0 Å².